The lowest BCUT2D eigenvalue weighted by Crippen LogP contribution is -2.40. The van der Waals surface area contributed by atoms with Gasteiger partial charge in [-0.3, -0.25) is 9.79 Å². The minimum atomic E-state index is 0.244. The largest absolute Gasteiger partial charge is 0.356 e. The van der Waals surface area contributed by atoms with E-state index in [2.05, 4.69) is 64.3 Å². The number of benzene rings is 1. The Morgan fingerprint density at radius 1 is 1.21 bits per heavy atom. The fourth-order valence-corrected chi connectivity index (χ4v) is 4.52. The van der Waals surface area contributed by atoms with Crippen molar-refractivity contribution in [3.05, 3.63) is 57.8 Å². The second-order valence-corrected chi connectivity index (χ2v) is 8.74. The second kappa shape index (κ2) is 11.0. The SMILES string of the molecule is CN=C(NCCCC(=O)N1CCc2ccccc2C1)NCC(C)Cc1cccs1. The number of rotatable bonds is 8. The van der Waals surface area contributed by atoms with Gasteiger partial charge in [-0.1, -0.05) is 37.3 Å². The van der Waals surface area contributed by atoms with Crippen LogP contribution in [0.3, 0.4) is 0 Å². The van der Waals surface area contributed by atoms with Crippen molar-refractivity contribution in [3.8, 4) is 0 Å². The van der Waals surface area contributed by atoms with Crippen molar-refractivity contribution in [3.63, 3.8) is 0 Å². The molecule has 6 heteroatoms. The third-order valence-corrected chi connectivity index (χ3v) is 6.21. The number of nitrogens with zero attached hydrogens (tertiary/aromatic N) is 2. The van der Waals surface area contributed by atoms with Gasteiger partial charge in [0.15, 0.2) is 5.96 Å². The Balaban J connectivity index is 1.32. The average molecular weight is 413 g/mol. The van der Waals surface area contributed by atoms with Gasteiger partial charge in [0.1, 0.15) is 0 Å². The normalized spacial score (nSPS) is 15.0. The maximum absolute atomic E-state index is 12.5. The summed E-state index contributed by atoms with van der Waals surface area (Å²) in [5.41, 5.74) is 2.66. The van der Waals surface area contributed by atoms with Gasteiger partial charge >= 0.3 is 0 Å². The summed E-state index contributed by atoms with van der Waals surface area (Å²) >= 11 is 1.81. The van der Waals surface area contributed by atoms with E-state index in [0.29, 0.717) is 12.3 Å². The van der Waals surface area contributed by atoms with Crippen LogP contribution in [0.25, 0.3) is 0 Å². The van der Waals surface area contributed by atoms with E-state index in [-0.39, 0.29) is 5.91 Å². The molecule has 1 aromatic carbocycles. The number of thiophene rings is 1. The van der Waals surface area contributed by atoms with E-state index in [1.165, 1.54) is 16.0 Å². The van der Waals surface area contributed by atoms with E-state index >= 15 is 0 Å². The van der Waals surface area contributed by atoms with Gasteiger partial charge in [-0.05, 0) is 47.8 Å². The summed E-state index contributed by atoms with van der Waals surface area (Å²) in [5, 5.41) is 8.85. The van der Waals surface area contributed by atoms with Gasteiger partial charge in [-0.2, -0.15) is 0 Å². The number of carbonyl (C=O) groups is 1. The van der Waals surface area contributed by atoms with Gasteiger partial charge in [0.25, 0.3) is 0 Å². The van der Waals surface area contributed by atoms with Gasteiger partial charge < -0.3 is 15.5 Å². The minimum Gasteiger partial charge on any atom is -0.356 e. The maximum atomic E-state index is 12.5. The molecule has 0 fully saturated rings. The number of hydrogen-bond donors (Lipinski definition) is 2. The van der Waals surface area contributed by atoms with E-state index in [0.717, 1.165) is 51.4 Å². The molecule has 156 valence electrons. The highest BCUT2D eigenvalue weighted by Crippen LogP contribution is 2.19. The first-order chi connectivity index (χ1) is 14.2. The Labute approximate surface area is 178 Å². The molecule has 2 heterocycles. The fraction of sp³-hybridized carbons (Fsp3) is 0.478. The summed E-state index contributed by atoms with van der Waals surface area (Å²) in [7, 11) is 1.79. The molecular formula is C23H32N4OS. The molecule has 0 bridgehead atoms. The van der Waals surface area contributed by atoms with Gasteiger partial charge in [0, 0.05) is 44.5 Å². The maximum Gasteiger partial charge on any atom is 0.222 e. The van der Waals surface area contributed by atoms with Crippen LogP contribution in [0.2, 0.25) is 0 Å². The van der Waals surface area contributed by atoms with Crippen molar-refractivity contribution in [1.29, 1.82) is 0 Å². The molecule has 1 atom stereocenters. The van der Waals surface area contributed by atoms with Crippen LogP contribution in [0.5, 0.6) is 0 Å². The van der Waals surface area contributed by atoms with Crippen LogP contribution in [0.15, 0.2) is 46.8 Å². The molecule has 0 saturated heterocycles. The molecule has 0 saturated carbocycles. The first-order valence-corrected chi connectivity index (χ1v) is 11.3. The molecule has 1 aromatic heterocycles. The summed E-state index contributed by atoms with van der Waals surface area (Å²) in [6.45, 7) is 5.44. The molecule has 1 aliphatic rings. The molecule has 2 aromatic rings. The topological polar surface area (TPSA) is 56.7 Å². The third-order valence-electron chi connectivity index (χ3n) is 5.31. The highest BCUT2D eigenvalue weighted by molar-refractivity contribution is 7.09. The van der Waals surface area contributed by atoms with Crippen LogP contribution >= 0.6 is 11.3 Å². The first kappa shape index (κ1) is 21.4. The molecule has 0 radical (unpaired) electrons. The average Bonchev–Trinajstić information content (AvgIpc) is 3.25. The summed E-state index contributed by atoms with van der Waals surface area (Å²) in [5.74, 6) is 1.59. The molecule has 2 N–H and O–H groups in total. The van der Waals surface area contributed by atoms with Crippen LogP contribution in [-0.4, -0.2) is 43.4 Å². The van der Waals surface area contributed by atoms with Crippen molar-refractivity contribution >= 4 is 23.2 Å². The molecule has 1 unspecified atom stereocenters. The smallest absolute Gasteiger partial charge is 0.222 e. The molecular weight excluding hydrogens is 380 g/mol. The quantitative estimate of drug-likeness (QED) is 0.397. The summed E-state index contributed by atoms with van der Waals surface area (Å²) in [6, 6.07) is 12.7. The number of guanidine groups is 1. The number of hydrogen-bond acceptors (Lipinski definition) is 3. The zero-order chi connectivity index (χ0) is 20.5. The summed E-state index contributed by atoms with van der Waals surface area (Å²) < 4.78 is 0. The number of amides is 1. The number of nitrogens with one attached hydrogen (secondary N) is 2. The third kappa shape index (κ3) is 6.60. The van der Waals surface area contributed by atoms with Crippen LogP contribution in [0, 0.1) is 5.92 Å². The highest BCUT2D eigenvalue weighted by atomic mass is 32.1. The van der Waals surface area contributed by atoms with Crippen LogP contribution in [-0.2, 0) is 24.2 Å². The van der Waals surface area contributed by atoms with Gasteiger partial charge in [0.2, 0.25) is 5.91 Å². The number of aliphatic imine (C=N–C) groups is 1. The number of carbonyl (C=O) groups excluding carboxylic acids is 1. The van der Waals surface area contributed by atoms with Gasteiger partial charge in [-0.15, -0.1) is 11.3 Å². The van der Waals surface area contributed by atoms with E-state index in [1.807, 2.05) is 16.2 Å². The molecule has 0 spiro atoms. The van der Waals surface area contributed by atoms with Crippen LogP contribution in [0.1, 0.15) is 35.8 Å². The minimum absolute atomic E-state index is 0.244. The molecule has 5 nitrogen and oxygen atoms in total. The number of fused-ring (bicyclic) bond motifs is 1. The van der Waals surface area contributed by atoms with Crippen molar-refractivity contribution in [2.45, 2.75) is 39.2 Å². The van der Waals surface area contributed by atoms with E-state index < -0.39 is 0 Å². The second-order valence-electron chi connectivity index (χ2n) is 7.71. The van der Waals surface area contributed by atoms with Crippen molar-refractivity contribution in [1.82, 2.24) is 15.5 Å². The van der Waals surface area contributed by atoms with E-state index in [9.17, 15) is 4.79 Å². The Bertz CT molecular complexity index is 803. The van der Waals surface area contributed by atoms with Crippen LogP contribution in [0.4, 0.5) is 0 Å². The zero-order valence-electron chi connectivity index (χ0n) is 17.5. The summed E-state index contributed by atoms with van der Waals surface area (Å²) in [6.07, 6.45) is 3.42. The van der Waals surface area contributed by atoms with Crippen molar-refractivity contribution < 1.29 is 4.79 Å². The molecule has 1 aliphatic heterocycles. The van der Waals surface area contributed by atoms with Gasteiger partial charge in [-0.25, -0.2) is 0 Å². The first-order valence-electron chi connectivity index (χ1n) is 10.5. The van der Waals surface area contributed by atoms with E-state index in [1.54, 1.807) is 7.05 Å². The fourth-order valence-electron chi connectivity index (χ4n) is 3.65. The molecule has 29 heavy (non-hydrogen) atoms. The predicted octanol–water partition coefficient (Wildman–Crippen LogP) is 3.46. The van der Waals surface area contributed by atoms with Gasteiger partial charge in [0.05, 0.1) is 0 Å². The van der Waals surface area contributed by atoms with Crippen LogP contribution < -0.4 is 10.6 Å². The van der Waals surface area contributed by atoms with E-state index in [4.69, 9.17) is 0 Å². The Morgan fingerprint density at radius 3 is 2.79 bits per heavy atom. The zero-order valence-corrected chi connectivity index (χ0v) is 18.3. The standard InChI is InChI=1S/C23H32N4OS/c1-18(15-21-9-6-14-29-21)16-26-23(24-2)25-12-5-10-22(28)27-13-11-19-7-3-4-8-20(19)17-27/h3-4,6-9,14,18H,5,10-13,15-17H2,1-2H3,(H2,24,25,26). The lowest BCUT2D eigenvalue weighted by Gasteiger charge is -2.29. The Hall–Kier alpha value is -2.34. The molecule has 0 aliphatic carbocycles. The molecule has 1 amide bonds. The molecule has 3 rings (SSSR count). The highest BCUT2D eigenvalue weighted by Gasteiger charge is 2.19. The monoisotopic (exact) mass is 412 g/mol. The van der Waals surface area contributed by atoms with Crippen molar-refractivity contribution in [2.24, 2.45) is 10.9 Å². The lowest BCUT2D eigenvalue weighted by molar-refractivity contribution is -0.132. The summed E-state index contributed by atoms with van der Waals surface area (Å²) in [4.78, 5) is 20.2. The van der Waals surface area contributed by atoms with Crippen molar-refractivity contribution in [2.75, 3.05) is 26.7 Å². The predicted molar refractivity (Wildman–Crippen MR) is 121 cm³/mol. The Kier molecular flexibility index (Phi) is 8.11. The lowest BCUT2D eigenvalue weighted by atomic mass is 9.99. The Morgan fingerprint density at radius 2 is 2.03 bits per heavy atom.